The molecule has 470 valence electrons. The van der Waals surface area contributed by atoms with Crippen LogP contribution in [-0.2, 0) is 79.5 Å². The molecule has 0 amide bonds. The number of rotatable bonds is 40. The van der Waals surface area contributed by atoms with Crippen molar-refractivity contribution < 1.29 is 94.7 Å². The lowest BCUT2D eigenvalue weighted by Gasteiger charge is -2.22. The van der Waals surface area contributed by atoms with E-state index in [4.69, 9.17) is 94.7 Å². The van der Waals surface area contributed by atoms with Crippen LogP contribution in [0, 0.1) is 0 Å². The zero-order chi connectivity index (χ0) is 60.4. The first-order valence-corrected chi connectivity index (χ1v) is 28.7. The van der Waals surface area contributed by atoms with E-state index >= 15 is 0 Å². The maximum atomic E-state index is 6.66. The van der Waals surface area contributed by atoms with Crippen LogP contribution in [0.5, 0.6) is 57.5 Å². The van der Waals surface area contributed by atoms with Gasteiger partial charge in [-0.25, -0.2) is 0 Å². The highest BCUT2D eigenvalue weighted by molar-refractivity contribution is 5.60. The summed E-state index contributed by atoms with van der Waals surface area (Å²) in [5.41, 5.74) is 8.22. The van der Waals surface area contributed by atoms with Crippen LogP contribution >= 0.6 is 0 Å². The van der Waals surface area contributed by atoms with Gasteiger partial charge < -0.3 is 94.7 Å². The zero-order valence-corrected chi connectivity index (χ0v) is 51.6. The molecule has 0 N–H and O–H groups in total. The molecule has 0 unspecified atom stereocenters. The van der Waals surface area contributed by atoms with Crippen LogP contribution in [0.3, 0.4) is 0 Å². The summed E-state index contributed by atoms with van der Waals surface area (Å²) >= 11 is 0. The second-order valence-corrected chi connectivity index (χ2v) is 19.6. The van der Waals surface area contributed by atoms with E-state index in [2.05, 4.69) is 0 Å². The van der Waals surface area contributed by atoms with Crippen molar-refractivity contribution in [2.24, 2.45) is 0 Å². The van der Waals surface area contributed by atoms with Crippen molar-refractivity contribution in [2.75, 3.05) is 203 Å². The van der Waals surface area contributed by atoms with Gasteiger partial charge in [-0.2, -0.15) is 0 Å². The largest absolute Gasteiger partial charge is 0.491 e. The summed E-state index contributed by atoms with van der Waals surface area (Å²) in [7, 11) is 16.4. The molecule has 0 saturated carbocycles. The lowest BCUT2D eigenvalue weighted by molar-refractivity contribution is 0.142. The van der Waals surface area contributed by atoms with Crippen molar-refractivity contribution in [3.8, 4) is 57.5 Å². The van der Waals surface area contributed by atoms with Crippen LogP contribution in [-0.4, -0.2) is 203 Å². The average Bonchev–Trinajstić information content (AvgIpc) is 3.62. The lowest BCUT2D eigenvalue weighted by Crippen LogP contribution is -2.13. The highest BCUT2D eigenvalue weighted by Crippen LogP contribution is 2.43. The third-order valence-electron chi connectivity index (χ3n) is 13.6. The smallest absolute Gasteiger partial charge is 0.123 e. The summed E-state index contributed by atoms with van der Waals surface area (Å²) in [6, 6.07) is 20.3. The molecule has 5 aromatic rings. The lowest BCUT2D eigenvalue weighted by atomic mass is 9.94. The molecule has 10 aliphatic rings. The Labute approximate surface area is 502 Å². The first-order chi connectivity index (χ1) is 41.7. The van der Waals surface area contributed by atoms with E-state index < -0.39 is 0 Å². The van der Waals surface area contributed by atoms with Gasteiger partial charge in [0, 0.05) is 159 Å². The SMILES string of the molecule is COCCOc1cc2c(OCCOC)cc1Cc1cc(OCCOC)c(cc1OCCOC)Cc1cc(OCCOC)c(cc1OCCOC)Cc1cc(OCCOC)c(cc1OCCOC)Cc1cc(OCCOC)c(cc1OCCOC)C2. The molecule has 15 rings (SSSR count). The zero-order valence-electron chi connectivity index (χ0n) is 51.6. The Bertz CT molecular complexity index is 2130. The number of ether oxygens (including phenoxy) is 20. The quantitative estimate of drug-likeness (QED) is 0.0335. The Morgan fingerprint density at radius 2 is 0.259 bits per heavy atom. The predicted molar refractivity (Wildman–Crippen MR) is 320 cm³/mol. The molecule has 0 heterocycles. The van der Waals surface area contributed by atoms with Gasteiger partial charge in [0.05, 0.1) is 66.1 Å². The number of hydrogen-bond acceptors (Lipinski definition) is 20. The maximum absolute atomic E-state index is 6.66. The Morgan fingerprint density at radius 1 is 0.165 bits per heavy atom. The van der Waals surface area contributed by atoms with Crippen molar-refractivity contribution in [1.29, 1.82) is 0 Å². The van der Waals surface area contributed by atoms with Crippen molar-refractivity contribution in [3.63, 3.8) is 0 Å². The van der Waals surface area contributed by atoms with Crippen molar-refractivity contribution >= 4 is 0 Å². The van der Waals surface area contributed by atoms with Gasteiger partial charge in [0.2, 0.25) is 0 Å². The minimum Gasteiger partial charge on any atom is -0.491 e. The molecule has 10 bridgehead atoms. The summed E-state index contributed by atoms with van der Waals surface area (Å²) < 4.78 is 122. The van der Waals surface area contributed by atoms with Gasteiger partial charge in [0.15, 0.2) is 0 Å². The number of methoxy groups -OCH3 is 10. The Hall–Kier alpha value is -6.30. The second kappa shape index (κ2) is 38.7. The highest BCUT2D eigenvalue weighted by Gasteiger charge is 2.25. The fourth-order valence-electron chi connectivity index (χ4n) is 9.32. The van der Waals surface area contributed by atoms with E-state index in [1.165, 1.54) is 0 Å². The molecule has 0 saturated heterocycles. The van der Waals surface area contributed by atoms with Crippen molar-refractivity contribution in [1.82, 2.24) is 0 Å². The van der Waals surface area contributed by atoms with Crippen LogP contribution in [0.15, 0.2) is 60.7 Å². The molecular weight excluding hydrogens is 1100 g/mol. The van der Waals surface area contributed by atoms with Crippen LogP contribution in [0.1, 0.15) is 55.6 Å². The molecule has 0 spiro atoms. The van der Waals surface area contributed by atoms with Gasteiger partial charge in [-0.3, -0.25) is 0 Å². The molecular formula is C65H90O20. The minimum absolute atomic E-state index is 0.272. The summed E-state index contributed by atoms with van der Waals surface area (Å²) in [5.74, 6) is 6.18. The molecule has 0 aromatic heterocycles. The van der Waals surface area contributed by atoms with Gasteiger partial charge in [-0.05, 0) is 60.7 Å². The maximum Gasteiger partial charge on any atom is 0.123 e. The number of hydrogen-bond donors (Lipinski definition) is 0. The van der Waals surface area contributed by atoms with Crippen LogP contribution in [0.2, 0.25) is 0 Å². The molecule has 85 heavy (non-hydrogen) atoms. The van der Waals surface area contributed by atoms with E-state index in [1.54, 1.807) is 71.1 Å². The van der Waals surface area contributed by atoms with Gasteiger partial charge in [-0.1, -0.05) is 0 Å². The van der Waals surface area contributed by atoms with E-state index in [0.717, 1.165) is 55.6 Å². The topological polar surface area (TPSA) is 185 Å². The van der Waals surface area contributed by atoms with Gasteiger partial charge >= 0.3 is 0 Å². The third-order valence-corrected chi connectivity index (χ3v) is 13.6. The summed E-state index contributed by atoms with van der Waals surface area (Å²) in [4.78, 5) is 0. The normalized spacial score (nSPS) is 12.1. The molecule has 20 heteroatoms. The van der Waals surface area contributed by atoms with Gasteiger partial charge in [0.25, 0.3) is 0 Å². The van der Waals surface area contributed by atoms with Crippen molar-refractivity contribution in [3.05, 3.63) is 116 Å². The first-order valence-electron chi connectivity index (χ1n) is 28.7. The fraction of sp³-hybridized carbons (Fsp3) is 0.538. The fourth-order valence-corrected chi connectivity index (χ4v) is 9.32. The molecule has 0 atom stereocenters. The second-order valence-electron chi connectivity index (χ2n) is 19.6. The highest BCUT2D eigenvalue weighted by atomic mass is 16.6. The van der Waals surface area contributed by atoms with Gasteiger partial charge in [-0.15, -0.1) is 0 Å². The van der Waals surface area contributed by atoms with Crippen LogP contribution in [0.4, 0.5) is 0 Å². The molecule has 5 aromatic carbocycles. The number of benzene rings is 5. The van der Waals surface area contributed by atoms with Crippen LogP contribution < -0.4 is 47.4 Å². The van der Waals surface area contributed by atoms with E-state index in [0.29, 0.717) is 156 Å². The predicted octanol–water partition coefficient (Wildman–Crippen LogP) is 8.21. The molecule has 0 fully saturated rings. The monoisotopic (exact) mass is 1190 g/mol. The third kappa shape index (κ3) is 21.6. The summed E-state index contributed by atoms with van der Waals surface area (Å²) in [5, 5.41) is 0. The van der Waals surface area contributed by atoms with E-state index in [1.807, 2.05) is 60.7 Å². The average molecular weight is 1190 g/mol. The van der Waals surface area contributed by atoms with Crippen molar-refractivity contribution in [2.45, 2.75) is 32.1 Å². The molecule has 20 nitrogen and oxygen atoms in total. The standard InChI is InChI=1S/C65H90O20/c1-66-11-21-76-56-36-47-32-49-39-61(81-26-16-71-6)51(41-60(49)80-25-15-70-5)34-53-43-65(85-30-20-75-10)55(45-64(53)84-29-19-74-9)35-54-44-62(82-27-17-72-7)52(42-63(54)83-28-18-73-8)33-50-40-58(78-23-13-68-3)48(38-59(50)79-24-14-69-4)31-46(56)37-57(47)77-22-12-67-2/h36-45H,11-35H2,1-10H3. The summed E-state index contributed by atoms with van der Waals surface area (Å²) in [6.45, 7) is 6.18. The van der Waals surface area contributed by atoms with Gasteiger partial charge in [0.1, 0.15) is 124 Å². The molecule has 0 radical (unpaired) electrons. The summed E-state index contributed by atoms with van der Waals surface area (Å²) in [6.07, 6.45) is 1.71. The van der Waals surface area contributed by atoms with E-state index in [9.17, 15) is 0 Å². The Morgan fingerprint density at radius 3 is 0.341 bits per heavy atom. The Kier molecular flexibility index (Phi) is 30.9. The molecule has 10 aliphatic carbocycles. The Balaban J connectivity index is 1.75. The first kappa shape index (κ1) is 67.8. The molecule has 0 aliphatic heterocycles. The van der Waals surface area contributed by atoms with Crippen LogP contribution in [0.25, 0.3) is 0 Å². The minimum atomic E-state index is 0.272. The van der Waals surface area contributed by atoms with E-state index in [-0.39, 0.29) is 66.1 Å².